The molecule has 2 N–H and O–H groups in total. The number of amides is 2. The highest BCUT2D eigenvalue weighted by atomic mass is 32.2. The summed E-state index contributed by atoms with van der Waals surface area (Å²) in [5.74, 6) is -1.26. The summed E-state index contributed by atoms with van der Waals surface area (Å²) in [6, 6.07) is 1.21. The van der Waals surface area contributed by atoms with Crippen LogP contribution in [0.25, 0.3) is 0 Å². The number of carbonyl (C=O) groups excluding carboxylic acids is 1. The summed E-state index contributed by atoms with van der Waals surface area (Å²) in [4.78, 5) is 11.8. The lowest BCUT2D eigenvalue weighted by Crippen LogP contribution is -2.43. The second kappa shape index (κ2) is 5.97. The van der Waals surface area contributed by atoms with Crippen LogP contribution in [0, 0.1) is 11.6 Å². The number of halogens is 2. The van der Waals surface area contributed by atoms with Crippen LogP contribution in [-0.4, -0.2) is 32.0 Å². The topological polar surface area (TPSA) is 75.3 Å². The van der Waals surface area contributed by atoms with Gasteiger partial charge in [0.25, 0.3) is 0 Å². The fourth-order valence-electron chi connectivity index (χ4n) is 2.26. The number of hydrogen-bond acceptors (Lipinski definition) is 3. The maximum Gasteiger partial charge on any atom is 0.315 e. The van der Waals surface area contributed by atoms with Gasteiger partial charge in [0.1, 0.15) is 11.6 Å². The number of hydrogen-bond donors (Lipinski definition) is 2. The second-order valence-electron chi connectivity index (χ2n) is 5.11. The third kappa shape index (κ3) is 4.13. The molecular formula is C13H16F2N2O3S. The van der Waals surface area contributed by atoms with Crippen LogP contribution in [0.2, 0.25) is 0 Å². The van der Waals surface area contributed by atoms with E-state index in [0.29, 0.717) is 6.42 Å². The summed E-state index contributed by atoms with van der Waals surface area (Å²) in [5.41, 5.74) is 0.0317. The Morgan fingerprint density at radius 3 is 2.71 bits per heavy atom. The third-order valence-corrected chi connectivity index (χ3v) is 5.11. The molecule has 5 nitrogen and oxygen atoms in total. The molecule has 0 saturated carbocycles. The highest BCUT2D eigenvalue weighted by molar-refractivity contribution is 7.91. The van der Waals surface area contributed by atoms with E-state index in [0.717, 1.165) is 18.2 Å². The van der Waals surface area contributed by atoms with Gasteiger partial charge in [-0.05, 0) is 31.5 Å². The monoisotopic (exact) mass is 318 g/mol. The van der Waals surface area contributed by atoms with Crippen molar-refractivity contribution in [2.45, 2.75) is 25.4 Å². The van der Waals surface area contributed by atoms with Crippen molar-refractivity contribution in [1.29, 1.82) is 0 Å². The molecular weight excluding hydrogens is 302 g/mol. The molecule has 1 heterocycles. The predicted octanol–water partition coefficient (Wildman–Crippen LogP) is 1.51. The van der Waals surface area contributed by atoms with Crippen LogP contribution >= 0.6 is 0 Å². The SMILES string of the molecule is C[C@@H](NC(=O)N[C@@H]1CCS(=O)(=O)C1)c1cc(F)ccc1F. The molecule has 0 bridgehead atoms. The van der Waals surface area contributed by atoms with Crippen LogP contribution in [-0.2, 0) is 9.84 Å². The zero-order valence-corrected chi connectivity index (χ0v) is 12.2. The van der Waals surface area contributed by atoms with Crippen molar-refractivity contribution < 1.29 is 22.0 Å². The lowest BCUT2D eigenvalue weighted by molar-refractivity contribution is 0.234. The van der Waals surface area contributed by atoms with E-state index in [1.165, 1.54) is 6.92 Å². The molecule has 1 aromatic carbocycles. The van der Waals surface area contributed by atoms with Crippen molar-refractivity contribution in [3.05, 3.63) is 35.4 Å². The molecule has 2 rings (SSSR count). The van der Waals surface area contributed by atoms with Crippen LogP contribution < -0.4 is 10.6 Å². The number of rotatable bonds is 3. The Morgan fingerprint density at radius 1 is 1.38 bits per heavy atom. The molecule has 2 amide bonds. The van der Waals surface area contributed by atoms with Gasteiger partial charge < -0.3 is 10.6 Å². The van der Waals surface area contributed by atoms with Gasteiger partial charge >= 0.3 is 6.03 Å². The van der Waals surface area contributed by atoms with E-state index < -0.39 is 39.6 Å². The van der Waals surface area contributed by atoms with E-state index in [-0.39, 0.29) is 17.1 Å². The largest absolute Gasteiger partial charge is 0.334 e. The minimum absolute atomic E-state index is 0.0317. The highest BCUT2D eigenvalue weighted by Gasteiger charge is 2.29. The zero-order valence-electron chi connectivity index (χ0n) is 11.4. The summed E-state index contributed by atoms with van der Waals surface area (Å²) in [6.07, 6.45) is 0.360. The van der Waals surface area contributed by atoms with Crippen LogP contribution in [0.3, 0.4) is 0 Å². The quantitative estimate of drug-likeness (QED) is 0.887. The molecule has 1 fully saturated rings. The lowest BCUT2D eigenvalue weighted by atomic mass is 10.1. The average Bonchev–Trinajstić information content (AvgIpc) is 2.71. The van der Waals surface area contributed by atoms with Crippen LogP contribution in [0.1, 0.15) is 24.9 Å². The van der Waals surface area contributed by atoms with Gasteiger partial charge in [0.15, 0.2) is 9.84 Å². The van der Waals surface area contributed by atoms with Crippen LogP contribution in [0.5, 0.6) is 0 Å². The lowest BCUT2D eigenvalue weighted by Gasteiger charge is -2.18. The van der Waals surface area contributed by atoms with Gasteiger partial charge in [-0.1, -0.05) is 0 Å². The minimum atomic E-state index is -3.09. The summed E-state index contributed by atoms with van der Waals surface area (Å²) >= 11 is 0. The zero-order chi connectivity index (χ0) is 15.6. The minimum Gasteiger partial charge on any atom is -0.334 e. The van der Waals surface area contributed by atoms with Gasteiger partial charge in [0.2, 0.25) is 0 Å². The first-order valence-electron chi connectivity index (χ1n) is 6.49. The van der Waals surface area contributed by atoms with Crippen molar-refractivity contribution >= 4 is 15.9 Å². The number of urea groups is 1. The fourth-order valence-corrected chi connectivity index (χ4v) is 3.93. The molecule has 1 aromatic rings. The smallest absolute Gasteiger partial charge is 0.315 e. The van der Waals surface area contributed by atoms with Crippen molar-refractivity contribution in [3.8, 4) is 0 Å². The maximum absolute atomic E-state index is 13.6. The number of nitrogens with one attached hydrogen (secondary N) is 2. The van der Waals surface area contributed by atoms with Gasteiger partial charge in [0.05, 0.1) is 17.5 Å². The van der Waals surface area contributed by atoms with E-state index in [1.807, 2.05) is 0 Å². The molecule has 0 aromatic heterocycles. The molecule has 21 heavy (non-hydrogen) atoms. The van der Waals surface area contributed by atoms with Crippen LogP contribution in [0.4, 0.5) is 13.6 Å². The predicted molar refractivity (Wildman–Crippen MR) is 73.5 cm³/mol. The van der Waals surface area contributed by atoms with E-state index in [9.17, 15) is 22.0 Å². The molecule has 0 aliphatic carbocycles. The number of sulfone groups is 1. The van der Waals surface area contributed by atoms with Crippen molar-refractivity contribution in [3.63, 3.8) is 0 Å². The first kappa shape index (κ1) is 15.7. The fraction of sp³-hybridized carbons (Fsp3) is 0.462. The Kier molecular flexibility index (Phi) is 4.46. The molecule has 8 heteroatoms. The second-order valence-corrected chi connectivity index (χ2v) is 7.33. The van der Waals surface area contributed by atoms with E-state index in [4.69, 9.17) is 0 Å². The molecule has 2 atom stereocenters. The summed E-state index contributed by atoms with van der Waals surface area (Å²) < 4.78 is 49.2. The van der Waals surface area contributed by atoms with Gasteiger partial charge in [-0.2, -0.15) is 0 Å². The van der Waals surface area contributed by atoms with Crippen molar-refractivity contribution in [2.24, 2.45) is 0 Å². The Morgan fingerprint density at radius 2 is 2.10 bits per heavy atom. The van der Waals surface area contributed by atoms with E-state index in [1.54, 1.807) is 0 Å². The molecule has 1 aliphatic heterocycles. The molecule has 1 saturated heterocycles. The first-order chi connectivity index (χ1) is 9.77. The Balaban J connectivity index is 1.95. The molecule has 1 aliphatic rings. The normalized spacial score (nSPS) is 21.8. The van der Waals surface area contributed by atoms with Gasteiger partial charge in [-0.3, -0.25) is 0 Å². The average molecular weight is 318 g/mol. The Labute approximate surface area is 121 Å². The number of benzene rings is 1. The standard InChI is InChI=1S/C13H16F2N2O3S/c1-8(11-6-9(14)2-3-12(11)15)16-13(18)17-10-4-5-21(19,20)7-10/h2-3,6,8,10H,4-5,7H2,1H3,(H2,16,17,18)/t8-,10-/m1/s1. The van der Waals surface area contributed by atoms with Crippen molar-refractivity contribution in [1.82, 2.24) is 10.6 Å². The molecule has 0 radical (unpaired) electrons. The van der Waals surface area contributed by atoms with Gasteiger partial charge in [-0.15, -0.1) is 0 Å². The molecule has 0 spiro atoms. The molecule has 0 unspecified atom stereocenters. The summed E-state index contributed by atoms with van der Waals surface area (Å²) in [6.45, 7) is 1.52. The summed E-state index contributed by atoms with van der Waals surface area (Å²) in [5, 5.41) is 4.99. The Bertz CT molecular complexity index is 649. The first-order valence-corrected chi connectivity index (χ1v) is 8.31. The van der Waals surface area contributed by atoms with E-state index in [2.05, 4.69) is 10.6 Å². The third-order valence-electron chi connectivity index (χ3n) is 3.34. The molecule has 116 valence electrons. The number of carbonyl (C=O) groups is 1. The van der Waals surface area contributed by atoms with E-state index >= 15 is 0 Å². The summed E-state index contributed by atoms with van der Waals surface area (Å²) in [7, 11) is -3.09. The van der Waals surface area contributed by atoms with Crippen molar-refractivity contribution in [2.75, 3.05) is 11.5 Å². The van der Waals surface area contributed by atoms with Gasteiger partial charge in [0, 0.05) is 11.6 Å². The van der Waals surface area contributed by atoms with Crippen LogP contribution in [0.15, 0.2) is 18.2 Å². The maximum atomic E-state index is 13.6. The van der Waals surface area contributed by atoms with Gasteiger partial charge in [-0.25, -0.2) is 22.0 Å². The Hall–Kier alpha value is -1.70. The highest BCUT2D eigenvalue weighted by Crippen LogP contribution is 2.18.